The number of carbonyl (C=O) groups is 2. The lowest BCUT2D eigenvalue weighted by atomic mass is 10.2. The van der Waals surface area contributed by atoms with Gasteiger partial charge in [-0.25, -0.2) is 4.79 Å². The van der Waals surface area contributed by atoms with Crippen molar-refractivity contribution in [3.63, 3.8) is 0 Å². The fraction of sp³-hybridized carbons (Fsp3) is 0.176. The minimum atomic E-state index is -0.634. The molecule has 1 N–H and O–H groups in total. The number of hydrogen-bond acceptors (Lipinski definition) is 4. The van der Waals surface area contributed by atoms with E-state index in [4.69, 9.17) is 32.7 Å². The van der Waals surface area contributed by atoms with Gasteiger partial charge in [-0.1, -0.05) is 35.3 Å². The first kappa shape index (κ1) is 18.1. The molecule has 0 radical (unpaired) electrons. The van der Waals surface area contributed by atoms with Crippen LogP contribution < -0.4 is 10.1 Å². The highest BCUT2D eigenvalue weighted by Crippen LogP contribution is 2.32. The summed E-state index contributed by atoms with van der Waals surface area (Å²) in [6.45, 7) is 1.33. The maximum Gasteiger partial charge on any atom is 0.338 e. The molecule has 1 amide bonds. The van der Waals surface area contributed by atoms with Crippen LogP contribution in [0.25, 0.3) is 0 Å². The number of amides is 1. The molecule has 2 aromatic carbocycles. The Labute approximate surface area is 149 Å². The second-order valence-corrected chi connectivity index (χ2v) is 5.69. The molecule has 0 bridgehead atoms. The molecule has 24 heavy (non-hydrogen) atoms. The Kier molecular flexibility index (Phi) is 6.06. The van der Waals surface area contributed by atoms with E-state index in [1.807, 2.05) is 0 Å². The van der Waals surface area contributed by atoms with E-state index in [9.17, 15) is 9.59 Å². The van der Waals surface area contributed by atoms with Gasteiger partial charge in [0, 0.05) is 0 Å². The Hall–Kier alpha value is -2.24. The smallest absolute Gasteiger partial charge is 0.338 e. The summed E-state index contributed by atoms with van der Waals surface area (Å²) in [5.41, 5.74) is 1.35. The Morgan fingerprint density at radius 2 is 1.92 bits per heavy atom. The van der Waals surface area contributed by atoms with Gasteiger partial charge in [-0.05, 0) is 36.8 Å². The number of esters is 1. The van der Waals surface area contributed by atoms with Crippen LogP contribution in [0, 0.1) is 6.92 Å². The van der Waals surface area contributed by atoms with Crippen molar-refractivity contribution in [3.05, 3.63) is 57.6 Å². The third kappa shape index (κ3) is 4.40. The van der Waals surface area contributed by atoms with E-state index >= 15 is 0 Å². The normalized spacial score (nSPS) is 10.2. The first-order chi connectivity index (χ1) is 11.4. The van der Waals surface area contributed by atoms with Gasteiger partial charge < -0.3 is 14.8 Å². The third-order valence-corrected chi connectivity index (χ3v) is 3.99. The van der Waals surface area contributed by atoms with Crippen LogP contribution in [0.2, 0.25) is 10.0 Å². The summed E-state index contributed by atoms with van der Waals surface area (Å²) in [4.78, 5) is 23.9. The predicted octanol–water partition coefficient (Wildman–Crippen LogP) is 4.11. The molecule has 0 atom stereocenters. The molecule has 5 nitrogen and oxygen atoms in total. The van der Waals surface area contributed by atoms with Crippen LogP contribution in [-0.2, 0) is 9.53 Å². The van der Waals surface area contributed by atoms with E-state index in [-0.39, 0.29) is 5.56 Å². The molecule has 0 spiro atoms. The number of anilines is 1. The summed E-state index contributed by atoms with van der Waals surface area (Å²) in [6, 6.07) is 9.81. The number of carbonyl (C=O) groups excluding carboxylic acids is 2. The van der Waals surface area contributed by atoms with Crippen molar-refractivity contribution in [1.82, 2.24) is 0 Å². The molecule has 7 heteroatoms. The first-order valence-corrected chi connectivity index (χ1v) is 7.73. The van der Waals surface area contributed by atoms with E-state index in [2.05, 4.69) is 5.32 Å². The molecule has 0 fully saturated rings. The van der Waals surface area contributed by atoms with Crippen LogP contribution in [0.5, 0.6) is 5.75 Å². The molecule has 0 heterocycles. The summed E-state index contributed by atoms with van der Waals surface area (Å²) in [6.07, 6.45) is 0. The van der Waals surface area contributed by atoms with Gasteiger partial charge in [-0.15, -0.1) is 0 Å². The van der Waals surface area contributed by atoms with Crippen LogP contribution in [0.15, 0.2) is 36.4 Å². The topological polar surface area (TPSA) is 64.6 Å². The van der Waals surface area contributed by atoms with E-state index in [0.717, 1.165) is 5.56 Å². The van der Waals surface area contributed by atoms with Gasteiger partial charge in [-0.3, -0.25) is 4.79 Å². The first-order valence-electron chi connectivity index (χ1n) is 6.98. The van der Waals surface area contributed by atoms with Crippen LogP contribution in [0.1, 0.15) is 15.9 Å². The molecule has 0 unspecified atom stereocenters. The number of nitrogens with one attached hydrogen (secondary N) is 1. The quantitative estimate of drug-likeness (QED) is 0.807. The summed E-state index contributed by atoms with van der Waals surface area (Å²) in [5, 5.41) is 3.19. The van der Waals surface area contributed by atoms with Crippen molar-refractivity contribution in [2.24, 2.45) is 0 Å². The summed E-state index contributed by atoms with van der Waals surface area (Å²) < 4.78 is 10.0. The van der Waals surface area contributed by atoms with Gasteiger partial charge >= 0.3 is 5.97 Å². The maximum atomic E-state index is 12.0. The standard InChI is InChI=1S/C17H15Cl2NO4/c1-10-6-7-13(18)16(15(10)19)20-14(21)9-24-17(22)11-4-3-5-12(8-11)23-2/h3-8H,9H2,1-2H3,(H,20,21). The Morgan fingerprint density at radius 1 is 1.17 bits per heavy atom. The van der Waals surface area contributed by atoms with Crippen LogP contribution in [-0.4, -0.2) is 25.6 Å². The van der Waals surface area contributed by atoms with Gasteiger partial charge in [-0.2, -0.15) is 0 Å². The molecule has 2 aromatic rings. The van der Waals surface area contributed by atoms with Crippen molar-refractivity contribution in [3.8, 4) is 5.75 Å². The zero-order valence-electron chi connectivity index (χ0n) is 13.1. The largest absolute Gasteiger partial charge is 0.497 e. The van der Waals surface area contributed by atoms with Gasteiger partial charge in [0.05, 0.1) is 28.4 Å². The molecular weight excluding hydrogens is 353 g/mol. The zero-order valence-corrected chi connectivity index (χ0v) is 14.6. The number of hydrogen-bond donors (Lipinski definition) is 1. The second-order valence-electron chi connectivity index (χ2n) is 4.91. The van der Waals surface area contributed by atoms with Crippen molar-refractivity contribution >= 4 is 40.8 Å². The molecule has 0 aliphatic heterocycles. The predicted molar refractivity (Wildman–Crippen MR) is 93.1 cm³/mol. The van der Waals surface area contributed by atoms with Gasteiger partial charge in [0.15, 0.2) is 6.61 Å². The number of benzene rings is 2. The molecule has 0 aliphatic rings. The minimum absolute atomic E-state index is 0.286. The highest BCUT2D eigenvalue weighted by Gasteiger charge is 2.14. The van der Waals surface area contributed by atoms with Crippen LogP contribution >= 0.6 is 23.2 Å². The molecule has 2 rings (SSSR count). The Morgan fingerprint density at radius 3 is 2.62 bits per heavy atom. The van der Waals surface area contributed by atoms with E-state index in [1.165, 1.54) is 13.2 Å². The monoisotopic (exact) mass is 367 g/mol. The fourth-order valence-corrected chi connectivity index (χ4v) is 2.38. The maximum absolute atomic E-state index is 12.0. The van der Waals surface area contributed by atoms with Gasteiger partial charge in [0.25, 0.3) is 5.91 Å². The molecule has 0 aromatic heterocycles. The van der Waals surface area contributed by atoms with Crippen LogP contribution in [0.3, 0.4) is 0 Å². The number of aryl methyl sites for hydroxylation is 1. The average Bonchev–Trinajstić information content (AvgIpc) is 2.60. The highest BCUT2D eigenvalue weighted by atomic mass is 35.5. The number of ether oxygens (including phenoxy) is 2. The average molecular weight is 368 g/mol. The summed E-state index contributed by atoms with van der Waals surface area (Å²) in [5.74, 6) is -0.654. The Bertz CT molecular complexity index is 777. The summed E-state index contributed by atoms with van der Waals surface area (Å²) >= 11 is 12.1. The van der Waals surface area contributed by atoms with Crippen molar-refractivity contribution in [1.29, 1.82) is 0 Å². The molecule has 0 saturated carbocycles. The van der Waals surface area contributed by atoms with E-state index < -0.39 is 18.5 Å². The zero-order chi connectivity index (χ0) is 17.7. The van der Waals surface area contributed by atoms with Gasteiger partial charge in [0.2, 0.25) is 0 Å². The van der Waals surface area contributed by atoms with Gasteiger partial charge in [0.1, 0.15) is 5.75 Å². The SMILES string of the molecule is COc1cccc(C(=O)OCC(=O)Nc2c(Cl)ccc(C)c2Cl)c1. The lowest BCUT2D eigenvalue weighted by molar-refractivity contribution is -0.119. The molecular formula is C17H15Cl2NO4. The molecule has 0 saturated heterocycles. The number of methoxy groups -OCH3 is 1. The molecule has 126 valence electrons. The van der Waals surface area contributed by atoms with Crippen molar-refractivity contribution in [2.45, 2.75) is 6.92 Å². The second kappa shape index (κ2) is 8.04. The third-order valence-electron chi connectivity index (χ3n) is 3.19. The fourth-order valence-electron chi connectivity index (χ4n) is 1.91. The lowest BCUT2D eigenvalue weighted by Crippen LogP contribution is -2.21. The van der Waals surface area contributed by atoms with Crippen molar-refractivity contribution < 1.29 is 19.1 Å². The van der Waals surface area contributed by atoms with E-state index in [1.54, 1.807) is 37.3 Å². The summed E-state index contributed by atoms with van der Waals surface area (Å²) in [7, 11) is 1.49. The molecule has 0 aliphatic carbocycles. The number of rotatable bonds is 5. The Balaban J connectivity index is 1.98. The lowest BCUT2D eigenvalue weighted by Gasteiger charge is -2.11. The number of halogens is 2. The minimum Gasteiger partial charge on any atom is -0.497 e. The van der Waals surface area contributed by atoms with Crippen LogP contribution in [0.4, 0.5) is 5.69 Å². The van der Waals surface area contributed by atoms with E-state index in [0.29, 0.717) is 21.5 Å². The highest BCUT2D eigenvalue weighted by molar-refractivity contribution is 6.40. The van der Waals surface area contributed by atoms with Crippen molar-refractivity contribution in [2.75, 3.05) is 19.0 Å².